The van der Waals surface area contributed by atoms with Crippen LogP contribution in [0.3, 0.4) is 0 Å². The van der Waals surface area contributed by atoms with Crippen molar-refractivity contribution < 1.29 is 18.7 Å². The number of ether oxygens (including phenoxy) is 1. The van der Waals surface area contributed by atoms with E-state index >= 15 is 0 Å². The number of methoxy groups -OCH3 is 1. The van der Waals surface area contributed by atoms with E-state index in [1.807, 2.05) is 13.0 Å². The number of nitrogens with zero attached hydrogens (tertiary/aromatic N) is 1. The van der Waals surface area contributed by atoms with E-state index in [1.54, 1.807) is 41.3 Å². The van der Waals surface area contributed by atoms with Gasteiger partial charge in [-0.2, -0.15) is 0 Å². The van der Waals surface area contributed by atoms with Gasteiger partial charge < -0.3 is 9.15 Å². The fraction of sp³-hybridized carbons (Fsp3) is 0.211. The van der Waals surface area contributed by atoms with Crippen LogP contribution in [0.1, 0.15) is 29.5 Å². The number of amides is 1. The van der Waals surface area contributed by atoms with Crippen LogP contribution in [-0.4, -0.2) is 34.8 Å². The van der Waals surface area contributed by atoms with Crippen LogP contribution in [0.15, 0.2) is 45.7 Å². The predicted molar refractivity (Wildman–Crippen MR) is 106 cm³/mol. The second-order valence-corrected chi connectivity index (χ2v) is 7.28. The van der Waals surface area contributed by atoms with Crippen molar-refractivity contribution in [2.75, 3.05) is 13.7 Å². The number of rotatable bonds is 5. The van der Waals surface area contributed by atoms with Crippen LogP contribution in [0.5, 0.6) is 0 Å². The second-order valence-electron chi connectivity index (χ2n) is 5.60. The van der Waals surface area contributed by atoms with Gasteiger partial charge >= 0.3 is 5.97 Å². The highest BCUT2D eigenvalue weighted by Crippen LogP contribution is 2.33. The molecule has 0 spiro atoms. The summed E-state index contributed by atoms with van der Waals surface area (Å²) in [5, 5.41) is 0. The number of carbonyl (C=O) groups excluding carboxylic acids is 2. The zero-order valence-corrected chi connectivity index (χ0v) is 16.0. The summed E-state index contributed by atoms with van der Waals surface area (Å²) in [6.07, 6.45) is 2.56. The van der Waals surface area contributed by atoms with Gasteiger partial charge in [-0.15, -0.1) is 0 Å². The Labute approximate surface area is 161 Å². The molecule has 0 radical (unpaired) electrons. The zero-order chi connectivity index (χ0) is 18.7. The Kier molecular flexibility index (Phi) is 5.58. The number of thiocarbonyl (C=S) groups is 1. The van der Waals surface area contributed by atoms with E-state index in [4.69, 9.17) is 16.6 Å². The Morgan fingerprint density at radius 1 is 1.27 bits per heavy atom. The molecule has 0 N–H and O–H groups in total. The van der Waals surface area contributed by atoms with Gasteiger partial charge in [0.25, 0.3) is 5.91 Å². The van der Waals surface area contributed by atoms with Crippen molar-refractivity contribution in [3.63, 3.8) is 0 Å². The molecule has 3 rings (SSSR count). The Balaban J connectivity index is 1.79. The normalized spacial score (nSPS) is 15.8. The Bertz CT molecular complexity index is 883. The third kappa shape index (κ3) is 3.73. The van der Waals surface area contributed by atoms with Crippen LogP contribution in [0.4, 0.5) is 0 Å². The second kappa shape index (κ2) is 7.88. The SMILES string of the molecule is CCCN1C(=O)/C(=C\c2ccc(-c3ccc(C(=O)OC)cc3)o2)SC1=S. The van der Waals surface area contributed by atoms with Gasteiger partial charge in [0.15, 0.2) is 0 Å². The number of hydrogen-bond donors (Lipinski definition) is 0. The fourth-order valence-corrected chi connectivity index (χ4v) is 3.81. The number of thioether (sulfide) groups is 1. The molecule has 26 heavy (non-hydrogen) atoms. The van der Waals surface area contributed by atoms with E-state index in [-0.39, 0.29) is 11.9 Å². The van der Waals surface area contributed by atoms with Gasteiger partial charge in [0.05, 0.1) is 17.6 Å². The lowest BCUT2D eigenvalue weighted by Crippen LogP contribution is -2.28. The number of carbonyl (C=O) groups is 2. The highest BCUT2D eigenvalue weighted by atomic mass is 32.2. The molecular weight excluding hydrogens is 370 g/mol. The highest BCUT2D eigenvalue weighted by molar-refractivity contribution is 8.26. The smallest absolute Gasteiger partial charge is 0.337 e. The average Bonchev–Trinajstić information content (AvgIpc) is 3.22. The summed E-state index contributed by atoms with van der Waals surface area (Å²) in [5.74, 6) is 0.763. The van der Waals surface area contributed by atoms with Crippen molar-refractivity contribution in [1.82, 2.24) is 4.90 Å². The lowest BCUT2D eigenvalue weighted by atomic mass is 10.1. The molecule has 2 heterocycles. The molecule has 0 unspecified atom stereocenters. The van der Waals surface area contributed by atoms with Crippen LogP contribution in [0.2, 0.25) is 0 Å². The van der Waals surface area contributed by atoms with Crippen LogP contribution in [-0.2, 0) is 9.53 Å². The van der Waals surface area contributed by atoms with E-state index in [2.05, 4.69) is 4.74 Å². The molecular formula is C19H17NO4S2. The maximum Gasteiger partial charge on any atom is 0.337 e. The van der Waals surface area contributed by atoms with Crippen molar-refractivity contribution >= 4 is 46.3 Å². The van der Waals surface area contributed by atoms with Crippen LogP contribution in [0, 0.1) is 0 Å². The maximum atomic E-state index is 12.4. The molecule has 1 aromatic carbocycles. The minimum absolute atomic E-state index is 0.0813. The monoisotopic (exact) mass is 387 g/mol. The fourth-order valence-electron chi connectivity index (χ4n) is 2.52. The molecule has 5 nitrogen and oxygen atoms in total. The van der Waals surface area contributed by atoms with E-state index in [9.17, 15) is 9.59 Å². The summed E-state index contributed by atoms with van der Waals surface area (Å²) in [6.45, 7) is 2.63. The first kappa shape index (κ1) is 18.4. The highest BCUT2D eigenvalue weighted by Gasteiger charge is 2.31. The largest absolute Gasteiger partial charge is 0.465 e. The summed E-state index contributed by atoms with van der Waals surface area (Å²) >= 11 is 6.55. The Morgan fingerprint density at radius 3 is 2.65 bits per heavy atom. The van der Waals surface area contributed by atoms with Crippen molar-refractivity contribution in [2.24, 2.45) is 0 Å². The van der Waals surface area contributed by atoms with E-state index in [0.29, 0.717) is 32.9 Å². The molecule has 0 bridgehead atoms. The van der Waals surface area contributed by atoms with Gasteiger partial charge in [0.2, 0.25) is 0 Å². The lowest BCUT2D eigenvalue weighted by molar-refractivity contribution is -0.122. The molecule has 1 aromatic heterocycles. The topological polar surface area (TPSA) is 59.8 Å². The molecule has 1 fully saturated rings. The molecule has 1 saturated heterocycles. The summed E-state index contributed by atoms with van der Waals surface area (Å²) in [5.41, 5.74) is 1.30. The summed E-state index contributed by atoms with van der Waals surface area (Å²) in [4.78, 5) is 26.0. The van der Waals surface area contributed by atoms with Crippen LogP contribution in [0.25, 0.3) is 17.4 Å². The summed E-state index contributed by atoms with van der Waals surface area (Å²) in [7, 11) is 1.35. The van der Waals surface area contributed by atoms with Gasteiger partial charge in [-0.3, -0.25) is 9.69 Å². The molecule has 2 aromatic rings. The van der Waals surface area contributed by atoms with E-state index in [0.717, 1.165) is 12.0 Å². The number of esters is 1. The van der Waals surface area contributed by atoms with E-state index in [1.165, 1.54) is 18.9 Å². The van der Waals surface area contributed by atoms with Crippen molar-refractivity contribution in [3.05, 3.63) is 52.6 Å². The molecule has 0 atom stereocenters. The average molecular weight is 387 g/mol. The first-order chi connectivity index (χ1) is 12.5. The third-order valence-electron chi connectivity index (χ3n) is 3.81. The van der Waals surface area contributed by atoms with Gasteiger partial charge in [-0.1, -0.05) is 43.0 Å². The molecule has 134 valence electrons. The van der Waals surface area contributed by atoms with Crippen molar-refractivity contribution in [2.45, 2.75) is 13.3 Å². The first-order valence-corrected chi connectivity index (χ1v) is 9.30. The summed E-state index contributed by atoms with van der Waals surface area (Å²) in [6, 6.07) is 10.6. The minimum atomic E-state index is -0.384. The molecule has 1 amide bonds. The van der Waals surface area contributed by atoms with Crippen molar-refractivity contribution in [3.8, 4) is 11.3 Å². The lowest BCUT2D eigenvalue weighted by Gasteiger charge is -2.11. The standard InChI is InChI=1S/C19H17NO4S2/c1-3-10-20-17(21)16(26-19(20)25)11-14-8-9-15(24-14)12-4-6-13(7-5-12)18(22)23-2/h4-9,11H,3,10H2,1-2H3/b16-11+. The Morgan fingerprint density at radius 2 is 2.00 bits per heavy atom. The van der Waals surface area contributed by atoms with E-state index < -0.39 is 0 Å². The zero-order valence-electron chi connectivity index (χ0n) is 14.4. The van der Waals surface area contributed by atoms with Gasteiger partial charge in [0.1, 0.15) is 15.8 Å². The quantitative estimate of drug-likeness (QED) is 0.432. The molecule has 1 aliphatic heterocycles. The maximum absolute atomic E-state index is 12.4. The van der Waals surface area contributed by atoms with Gasteiger partial charge in [-0.05, 0) is 30.7 Å². The molecule has 1 aliphatic rings. The number of benzene rings is 1. The molecule has 7 heteroatoms. The Hall–Kier alpha value is -2.38. The third-order valence-corrected chi connectivity index (χ3v) is 5.19. The van der Waals surface area contributed by atoms with Gasteiger partial charge in [0, 0.05) is 18.2 Å². The number of furan rings is 1. The molecule has 0 saturated carbocycles. The first-order valence-electron chi connectivity index (χ1n) is 8.07. The predicted octanol–water partition coefficient (Wildman–Crippen LogP) is 4.34. The number of hydrogen-bond acceptors (Lipinski definition) is 6. The van der Waals surface area contributed by atoms with Crippen molar-refractivity contribution in [1.29, 1.82) is 0 Å². The van der Waals surface area contributed by atoms with Gasteiger partial charge in [-0.25, -0.2) is 4.79 Å². The summed E-state index contributed by atoms with van der Waals surface area (Å²) < 4.78 is 11.1. The molecule has 0 aliphatic carbocycles. The minimum Gasteiger partial charge on any atom is -0.465 e. The van der Waals surface area contributed by atoms with Crippen LogP contribution < -0.4 is 0 Å². The van der Waals surface area contributed by atoms with Crippen LogP contribution >= 0.6 is 24.0 Å².